The summed E-state index contributed by atoms with van der Waals surface area (Å²) >= 11 is 1.13. The number of hydrogen-bond donors (Lipinski definition) is 1. The number of ether oxygens (including phenoxy) is 2. The lowest BCUT2D eigenvalue weighted by Crippen LogP contribution is -2.66. The highest BCUT2D eigenvalue weighted by molar-refractivity contribution is 7.15. The zero-order chi connectivity index (χ0) is 24.6. The van der Waals surface area contributed by atoms with E-state index in [1.807, 2.05) is 0 Å². The van der Waals surface area contributed by atoms with Crippen LogP contribution in [0.15, 0.2) is 24.4 Å². The van der Waals surface area contributed by atoms with E-state index in [-0.39, 0.29) is 34.8 Å². The lowest BCUT2D eigenvalue weighted by atomic mass is 9.97. The van der Waals surface area contributed by atoms with E-state index in [0.29, 0.717) is 11.3 Å². The van der Waals surface area contributed by atoms with Gasteiger partial charge in [-0.2, -0.15) is 13.2 Å². The van der Waals surface area contributed by atoms with Crippen molar-refractivity contribution in [3.63, 3.8) is 0 Å². The van der Waals surface area contributed by atoms with Crippen molar-refractivity contribution in [2.24, 2.45) is 0 Å². The molecule has 1 unspecified atom stereocenters. The lowest BCUT2D eigenvalue weighted by molar-refractivity contribution is -0.304. The first kappa shape index (κ1) is 24.8. The van der Waals surface area contributed by atoms with E-state index >= 15 is 0 Å². The van der Waals surface area contributed by atoms with Crippen LogP contribution in [0.4, 0.5) is 18.0 Å². The Hall–Kier alpha value is -2.82. The highest BCUT2D eigenvalue weighted by Crippen LogP contribution is 2.47. The summed E-state index contributed by atoms with van der Waals surface area (Å²) in [6.45, 7) is 6.20. The highest BCUT2D eigenvalue weighted by atomic mass is 32.1. The van der Waals surface area contributed by atoms with Crippen molar-refractivity contribution in [3.05, 3.63) is 34.8 Å². The van der Waals surface area contributed by atoms with Crippen LogP contribution in [0.2, 0.25) is 0 Å². The zero-order valence-corrected chi connectivity index (χ0v) is 19.5. The molecule has 11 heteroatoms. The molecular weight excluding hydrogens is 461 g/mol. The van der Waals surface area contributed by atoms with Crippen LogP contribution in [0.1, 0.15) is 55.3 Å². The van der Waals surface area contributed by atoms with Crippen molar-refractivity contribution < 1.29 is 37.3 Å². The van der Waals surface area contributed by atoms with Gasteiger partial charge >= 0.3 is 18.2 Å². The molecule has 0 radical (unpaired) electrons. The molecule has 1 fully saturated rings. The molecule has 0 bridgehead atoms. The summed E-state index contributed by atoms with van der Waals surface area (Å²) in [7, 11) is 0. The normalized spacial score (nSPS) is 19.3. The van der Waals surface area contributed by atoms with Gasteiger partial charge in [-0.15, -0.1) is 11.3 Å². The standard InChI is InChI=1S/C22H25F3N2O5S/c1-13-12-26-17(33-13)16-14(18(28)29)8-7-9-15(16)31-21(22(23,24)25)10-5-6-11-27(21)19(30)32-20(2,3)4/h7-9,12H,5-6,10-11H2,1-4H3,(H,28,29). The molecule has 0 spiro atoms. The van der Waals surface area contributed by atoms with Crippen molar-refractivity contribution in [2.45, 2.75) is 64.5 Å². The number of aryl methyl sites for hydroxylation is 1. The van der Waals surface area contributed by atoms with Gasteiger partial charge in [0.2, 0.25) is 0 Å². The van der Waals surface area contributed by atoms with E-state index in [9.17, 15) is 27.9 Å². The molecule has 1 aliphatic rings. The third-order valence-corrected chi connectivity index (χ3v) is 5.94. The highest BCUT2D eigenvalue weighted by Gasteiger charge is 2.64. The van der Waals surface area contributed by atoms with Crippen LogP contribution in [-0.2, 0) is 4.74 Å². The van der Waals surface area contributed by atoms with Gasteiger partial charge < -0.3 is 14.6 Å². The molecule has 180 valence electrons. The number of benzene rings is 1. The van der Waals surface area contributed by atoms with Crippen molar-refractivity contribution in [1.82, 2.24) is 9.88 Å². The fourth-order valence-corrected chi connectivity index (χ4v) is 4.46. The maximum Gasteiger partial charge on any atom is 0.448 e. The van der Waals surface area contributed by atoms with Crippen LogP contribution in [0, 0.1) is 6.92 Å². The Morgan fingerprint density at radius 1 is 1.21 bits per heavy atom. The van der Waals surface area contributed by atoms with Crippen molar-refractivity contribution >= 4 is 23.4 Å². The number of thiazole rings is 1. The number of alkyl halides is 3. The quantitative estimate of drug-likeness (QED) is 0.581. The minimum absolute atomic E-state index is 0.0681. The number of aromatic carboxylic acids is 1. The average Bonchev–Trinajstić information content (AvgIpc) is 3.11. The molecule has 1 saturated heterocycles. The minimum atomic E-state index is -4.99. The zero-order valence-electron chi connectivity index (χ0n) is 18.7. The Morgan fingerprint density at radius 3 is 2.45 bits per heavy atom. The average molecular weight is 487 g/mol. The fourth-order valence-electron chi connectivity index (χ4n) is 3.63. The van der Waals surface area contributed by atoms with Crippen molar-refractivity contribution in [1.29, 1.82) is 0 Å². The largest absolute Gasteiger partial charge is 0.478 e. The van der Waals surface area contributed by atoms with Crippen LogP contribution < -0.4 is 4.74 Å². The van der Waals surface area contributed by atoms with E-state index in [0.717, 1.165) is 16.2 Å². The summed E-state index contributed by atoms with van der Waals surface area (Å²) < 4.78 is 54.7. The number of nitrogens with zero attached hydrogens (tertiary/aromatic N) is 2. The Labute approximate surface area is 193 Å². The second-order valence-corrected chi connectivity index (χ2v) is 9.97. The van der Waals surface area contributed by atoms with Gasteiger partial charge in [0.25, 0.3) is 5.72 Å². The number of carboxylic acids is 1. The molecule has 7 nitrogen and oxygen atoms in total. The van der Waals surface area contributed by atoms with E-state index < -0.39 is 36.0 Å². The van der Waals surface area contributed by atoms with Crippen LogP contribution >= 0.6 is 11.3 Å². The number of carbonyl (C=O) groups excluding carboxylic acids is 1. The van der Waals surface area contributed by atoms with Crippen LogP contribution in [0.5, 0.6) is 5.75 Å². The number of amides is 1. The molecule has 1 N–H and O–H groups in total. The third kappa shape index (κ3) is 5.07. The van der Waals surface area contributed by atoms with Crippen LogP contribution in [0.3, 0.4) is 0 Å². The third-order valence-electron chi connectivity index (χ3n) is 5.01. The van der Waals surface area contributed by atoms with Gasteiger partial charge in [0, 0.05) is 24.0 Å². The molecule has 2 heterocycles. The first-order chi connectivity index (χ1) is 15.2. The van der Waals surface area contributed by atoms with Gasteiger partial charge in [-0.25, -0.2) is 14.6 Å². The van der Waals surface area contributed by atoms with E-state index in [1.165, 1.54) is 24.4 Å². The SMILES string of the molecule is Cc1cnc(-c2c(OC3(C(F)(F)F)CCCCN3C(=O)OC(C)(C)C)cccc2C(=O)O)s1. The molecule has 33 heavy (non-hydrogen) atoms. The molecule has 1 amide bonds. The number of piperidine rings is 1. The lowest BCUT2D eigenvalue weighted by Gasteiger charge is -2.47. The van der Waals surface area contributed by atoms with Crippen LogP contribution in [-0.4, -0.2) is 51.1 Å². The van der Waals surface area contributed by atoms with Gasteiger partial charge in [0.1, 0.15) is 16.4 Å². The number of carboxylic acid groups (broad SMARTS) is 1. The summed E-state index contributed by atoms with van der Waals surface area (Å²) in [4.78, 5) is 30.2. The van der Waals surface area contributed by atoms with Gasteiger partial charge in [0.15, 0.2) is 0 Å². The first-order valence-corrected chi connectivity index (χ1v) is 11.1. The molecule has 3 rings (SSSR count). The Morgan fingerprint density at radius 2 is 1.91 bits per heavy atom. The summed E-state index contributed by atoms with van der Waals surface area (Å²) in [6, 6.07) is 3.83. The number of carbonyl (C=O) groups is 2. The monoisotopic (exact) mass is 486 g/mol. The molecule has 1 aromatic heterocycles. The molecule has 1 atom stereocenters. The molecule has 0 saturated carbocycles. The Kier molecular flexibility index (Phi) is 6.65. The maximum atomic E-state index is 14.6. The summed E-state index contributed by atoms with van der Waals surface area (Å²) in [5.41, 5.74) is -4.36. The van der Waals surface area contributed by atoms with E-state index in [1.54, 1.807) is 27.7 Å². The minimum Gasteiger partial charge on any atom is -0.478 e. The summed E-state index contributed by atoms with van der Waals surface area (Å²) in [5, 5.41) is 9.88. The molecule has 1 aromatic carbocycles. The van der Waals surface area contributed by atoms with Gasteiger partial charge in [0.05, 0.1) is 11.1 Å². The number of likely N-dealkylation sites (tertiary alicyclic amines) is 1. The topological polar surface area (TPSA) is 89.0 Å². The van der Waals surface area contributed by atoms with Crippen molar-refractivity contribution in [2.75, 3.05) is 6.54 Å². The van der Waals surface area contributed by atoms with Crippen molar-refractivity contribution in [3.8, 4) is 16.3 Å². The maximum absolute atomic E-state index is 14.6. The second-order valence-electron chi connectivity index (χ2n) is 8.73. The second kappa shape index (κ2) is 8.85. The molecular formula is C22H25F3N2O5S. The number of aromatic nitrogens is 1. The molecule has 0 aliphatic carbocycles. The van der Waals surface area contributed by atoms with Gasteiger partial charge in [-0.05, 0) is 52.7 Å². The number of halogens is 3. The number of hydrogen-bond acceptors (Lipinski definition) is 6. The summed E-state index contributed by atoms with van der Waals surface area (Å²) in [5.74, 6) is -1.66. The Balaban J connectivity index is 2.17. The van der Waals surface area contributed by atoms with Gasteiger partial charge in [-0.1, -0.05) is 6.07 Å². The predicted octanol–water partition coefficient (Wildman–Crippen LogP) is 5.88. The summed E-state index contributed by atoms with van der Waals surface area (Å²) in [6.07, 6.45) is -4.67. The van der Waals surface area contributed by atoms with Gasteiger partial charge in [-0.3, -0.25) is 4.90 Å². The van der Waals surface area contributed by atoms with E-state index in [2.05, 4.69) is 4.98 Å². The molecule has 2 aromatic rings. The first-order valence-electron chi connectivity index (χ1n) is 10.3. The van der Waals surface area contributed by atoms with Crippen LogP contribution in [0.25, 0.3) is 10.6 Å². The smallest absolute Gasteiger partial charge is 0.448 e. The van der Waals surface area contributed by atoms with E-state index in [4.69, 9.17) is 9.47 Å². The number of rotatable bonds is 4. The predicted molar refractivity (Wildman–Crippen MR) is 115 cm³/mol. The fraction of sp³-hybridized carbons (Fsp3) is 0.500. The Bertz CT molecular complexity index is 1050. The molecule has 1 aliphatic heterocycles.